The molecule has 1 aliphatic rings. The van der Waals surface area contributed by atoms with Crippen LogP contribution in [0.5, 0.6) is 0 Å². The van der Waals surface area contributed by atoms with Crippen LogP contribution < -0.4 is 0 Å². The standard InChI is InChI=1S/C14H16ClNO2/c1-14(2)7-8-16(9-12(14)17)13(18)10-5-3-4-6-11(10)15/h3-6H,7-9H2,1-2H3. The van der Waals surface area contributed by atoms with Crippen molar-refractivity contribution in [2.75, 3.05) is 13.1 Å². The number of carbonyl (C=O) groups is 2. The molecule has 1 aliphatic heterocycles. The Hall–Kier alpha value is -1.35. The molecule has 1 aromatic rings. The smallest absolute Gasteiger partial charge is 0.255 e. The highest BCUT2D eigenvalue weighted by Crippen LogP contribution is 2.28. The zero-order valence-corrected chi connectivity index (χ0v) is 11.3. The Bertz CT molecular complexity index is 496. The SMILES string of the molecule is CC1(C)CCN(C(=O)c2ccccc2Cl)CC1=O. The summed E-state index contributed by atoms with van der Waals surface area (Å²) in [6.07, 6.45) is 0.696. The fourth-order valence-corrected chi connectivity index (χ4v) is 2.22. The second-order valence-electron chi connectivity index (χ2n) is 5.26. The molecule has 1 heterocycles. The van der Waals surface area contributed by atoms with Crippen LogP contribution in [0.3, 0.4) is 0 Å². The molecule has 0 bridgehead atoms. The zero-order valence-electron chi connectivity index (χ0n) is 10.6. The van der Waals surface area contributed by atoms with Crippen molar-refractivity contribution >= 4 is 23.3 Å². The van der Waals surface area contributed by atoms with Crippen LogP contribution in [0, 0.1) is 5.41 Å². The number of Topliss-reactive ketones (excluding diaryl/α,β-unsaturated/α-hetero) is 1. The van der Waals surface area contributed by atoms with Crippen molar-refractivity contribution in [2.45, 2.75) is 20.3 Å². The van der Waals surface area contributed by atoms with Gasteiger partial charge in [-0.1, -0.05) is 37.6 Å². The van der Waals surface area contributed by atoms with Gasteiger partial charge >= 0.3 is 0 Å². The minimum Gasteiger partial charge on any atom is -0.331 e. The molecule has 3 nitrogen and oxygen atoms in total. The fraction of sp³-hybridized carbons (Fsp3) is 0.429. The van der Waals surface area contributed by atoms with Gasteiger partial charge in [0.1, 0.15) is 0 Å². The van der Waals surface area contributed by atoms with Crippen LogP contribution >= 0.6 is 11.6 Å². The second kappa shape index (κ2) is 4.73. The predicted molar refractivity (Wildman–Crippen MR) is 70.8 cm³/mol. The first-order valence-electron chi connectivity index (χ1n) is 5.99. The number of piperidine rings is 1. The molecule has 0 saturated carbocycles. The summed E-state index contributed by atoms with van der Waals surface area (Å²) in [6, 6.07) is 6.93. The highest BCUT2D eigenvalue weighted by Gasteiger charge is 2.35. The van der Waals surface area contributed by atoms with E-state index < -0.39 is 0 Å². The number of rotatable bonds is 1. The van der Waals surface area contributed by atoms with Gasteiger partial charge in [-0.2, -0.15) is 0 Å². The maximum absolute atomic E-state index is 12.3. The molecule has 18 heavy (non-hydrogen) atoms. The summed E-state index contributed by atoms with van der Waals surface area (Å²) >= 11 is 6.00. The summed E-state index contributed by atoms with van der Waals surface area (Å²) in [4.78, 5) is 25.8. The number of likely N-dealkylation sites (tertiary alicyclic amines) is 1. The average Bonchev–Trinajstić information content (AvgIpc) is 2.32. The van der Waals surface area contributed by atoms with Gasteiger partial charge in [-0.25, -0.2) is 0 Å². The number of carbonyl (C=O) groups excluding carboxylic acids is 2. The lowest BCUT2D eigenvalue weighted by molar-refractivity contribution is -0.130. The molecule has 0 aromatic heterocycles. The molecule has 1 saturated heterocycles. The van der Waals surface area contributed by atoms with E-state index in [0.29, 0.717) is 23.6 Å². The third-order valence-electron chi connectivity index (χ3n) is 3.49. The van der Waals surface area contributed by atoms with Gasteiger partial charge in [-0.3, -0.25) is 9.59 Å². The Balaban J connectivity index is 2.17. The van der Waals surface area contributed by atoms with E-state index in [1.54, 1.807) is 29.2 Å². The third-order valence-corrected chi connectivity index (χ3v) is 3.82. The lowest BCUT2D eigenvalue weighted by Gasteiger charge is -2.35. The van der Waals surface area contributed by atoms with Crippen molar-refractivity contribution in [2.24, 2.45) is 5.41 Å². The minimum absolute atomic E-state index is 0.106. The number of halogens is 1. The Morgan fingerprint density at radius 3 is 2.61 bits per heavy atom. The van der Waals surface area contributed by atoms with Crippen molar-refractivity contribution < 1.29 is 9.59 Å². The normalized spacial score (nSPS) is 18.8. The molecule has 0 radical (unpaired) electrons. The third kappa shape index (κ3) is 2.41. The van der Waals surface area contributed by atoms with E-state index in [2.05, 4.69) is 0 Å². The van der Waals surface area contributed by atoms with Crippen molar-refractivity contribution in [1.29, 1.82) is 0 Å². The predicted octanol–water partition coefficient (Wildman–Crippen LogP) is 2.78. The second-order valence-corrected chi connectivity index (χ2v) is 5.67. The number of nitrogens with zero attached hydrogens (tertiary/aromatic N) is 1. The van der Waals surface area contributed by atoms with E-state index in [1.807, 2.05) is 13.8 Å². The summed E-state index contributed by atoms with van der Waals surface area (Å²) < 4.78 is 0. The minimum atomic E-state index is -0.322. The molecule has 1 aromatic carbocycles. The number of amides is 1. The van der Waals surface area contributed by atoms with E-state index in [9.17, 15) is 9.59 Å². The molecule has 0 spiro atoms. The van der Waals surface area contributed by atoms with Gasteiger partial charge in [0.05, 0.1) is 17.1 Å². The van der Waals surface area contributed by atoms with Crippen LogP contribution in [-0.2, 0) is 4.79 Å². The summed E-state index contributed by atoms with van der Waals surface area (Å²) in [5.41, 5.74) is 0.142. The van der Waals surface area contributed by atoms with E-state index in [1.165, 1.54) is 0 Å². The van der Waals surface area contributed by atoms with Gasteiger partial charge in [0.25, 0.3) is 5.91 Å². The molecule has 0 atom stereocenters. The molecule has 4 heteroatoms. The van der Waals surface area contributed by atoms with Gasteiger partial charge in [0, 0.05) is 12.0 Å². The fourth-order valence-electron chi connectivity index (χ4n) is 2.00. The number of benzene rings is 1. The van der Waals surface area contributed by atoms with Gasteiger partial charge in [-0.15, -0.1) is 0 Å². The summed E-state index contributed by atoms with van der Waals surface area (Å²) in [7, 11) is 0. The number of hydrogen-bond donors (Lipinski definition) is 0. The van der Waals surface area contributed by atoms with Crippen LogP contribution in [-0.4, -0.2) is 29.7 Å². The van der Waals surface area contributed by atoms with Gasteiger partial charge in [0.15, 0.2) is 5.78 Å². The zero-order chi connectivity index (χ0) is 13.3. The van der Waals surface area contributed by atoms with Gasteiger partial charge in [0.2, 0.25) is 0 Å². The number of ketones is 1. The molecule has 1 amide bonds. The summed E-state index contributed by atoms with van der Waals surface area (Å²) in [5, 5.41) is 0.430. The maximum Gasteiger partial charge on any atom is 0.255 e. The Kier molecular flexibility index (Phi) is 3.44. The van der Waals surface area contributed by atoms with Crippen LogP contribution in [0.4, 0.5) is 0 Å². The topological polar surface area (TPSA) is 37.4 Å². The monoisotopic (exact) mass is 265 g/mol. The van der Waals surface area contributed by atoms with Crippen molar-refractivity contribution in [3.63, 3.8) is 0 Å². The van der Waals surface area contributed by atoms with Crippen LogP contribution in [0.1, 0.15) is 30.6 Å². The van der Waals surface area contributed by atoms with Crippen LogP contribution in [0.2, 0.25) is 5.02 Å². The van der Waals surface area contributed by atoms with Gasteiger partial charge in [-0.05, 0) is 18.6 Å². The molecule has 0 aliphatic carbocycles. The largest absolute Gasteiger partial charge is 0.331 e. The molecule has 0 unspecified atom stereocenters. The Labute approximate surface area is 112 Å². The molecular weight excluding hydrogens is 250 g/mol. The quantitative estimate of drug-likeness (QED) is 0.783. The lowest BCUT2D eigenvalue weighted by atomic mass is 9.81. The lowest BCUT2D eigenvalue weighted by Crippen LogP contribution is -2.47. The molecular formula is C14H16ClNO2. The van der Waals surface area contributed by atoms with E-state index in [0.717, 1.165) is 0 Å². The van der Waals surface area contributed by atoms with E-state index >= 15 is 0 Å². The average molecular weight is 266 g/mol. The highest BCUT2D eigenvalue weighted by molar-refractivity contribution is 6.33. The van der Waals surface area contributed by atoms with Crippen LogP contribution in [0.25, 0.3) is 0 Å². The van der Waals surface area contributed by atoms with E-state index in [-0.39, 0.29) is 23.7 Å². The van der Waals surface area contributed by atoms with Crippen molar-refractivity contribution in [3.8, 4) is 0 Å². The van der Waals surface area contributed by atoms with Crippen molar-refractivity contribution in [1.82, 2.24) is 4.90 Å². The Morgan fingerprint density at radius 2 is 2.00 bits per heavy atom. The summed E-state index contributed by atoms with van der Waals surface area (Å²) in [6.45, 7) is 4.62. The first-order chi connectivity index (χ1) is 8.42. The molecule has 96 valence electrons. The van der Waals surface area contributed by atoms with Crippen LogP contribution in [0.15, 0.2) is 24.3 Å². The molecule has 1 fully saturated rings. The van der Waals surface area contributed by atoms with Crippen molar-refractivity contribution in [3.05, 3.63) is 34.9 Å². The summed E-state index contributed by atoms with van der Waals surface area (Å²) in [5.74, 6) is -0.0568. The first kappa shape index (κ1) is 13.1. The van der Waals surface area contributed by atoms with Gasteiger partial charge < -0.3 is 4.90 Å². The van der Waals surface area contributed by atoms with E-state index in [4.69, 9.17) is 11.6 Å². The number of hydrogen-bond acceptors (Lipinski definition) is 2. The maximum atomic E-state index is 12.3. The molecule has 2 rings (SSSR count). The highest BCUT2D eigenvalue weighted by atomic mass is 35.5. The molecule has 0 N–H and O–H groups in total. The first-order valence-corrected chi connectivity index (χ1v) is 6.37. The Morgan fingerprint density at radius 1 is 1.33 bits per heavy atom.